The Kier molecular flexibility index (Phi) is 5.68. The average molecular weight is 410 g/mol. The molecule has 0 aliphatic rings. The van der Waals surface area contributed by atoms with E-state index in [0.29, 0.717) is 10.9 Å². The maximum absolute atomic E-state index is 12.9. The fourth-order valence-electron chi connectivity index (χ4n) is 2.29. The van der Waals surface area contributed by atoms with Gasteiger partial charge in [-0.2, -0.15) is 13.2 Å². The van der Waals surface area contributed by atoms with Crippen LogP contribution in [-0.4, -0.2) is 14.8 Å². The summed E-state index contributed by atoms with van der Waals surface area (Å²) in [4.78, 5) is 12.4. The molecule has 1 aromatic heterocycles. The number of aromatic nitrogens is 3. The molecule has 0 saturated carbocycles. The number of hydrogen-bond acceptors (Lipinski definition) is 5. The largest absolute Gasteiger partial charge is 0.416 e. The monoisotopic (exact) mass is 410 g/mol. The van der Waals surface area contributed by atoms with Crippen molar-refractivity contribution in [1.82, 2.24) is 14.8 Å². The zero-order valence-corrected chi connectivity index (χ0v) is 15.3. The van der Waals surface area contributed by atoms with Crippen LogP contribution in [0.25, 0.3) is 0 Å². The normalized spacial score (nSPS) is 11.5. The van der Waals surface area contributed by atoms with Crippen LogP contribution in [0.1, 0.15) is 11.1 Å². The molecule has 3 rings (SSSR count). The molecular weight excluding hydrogens is 396 g/mol. The van der Waals surface area contributed by atoms with E-state index in [1.54, 1.807) is 12.1 Å². The summed E-state index contributed by atoms with van der Waals surface area (Å²) in [6.07, 6.45) is -4.49. The van der Waals surface area contributed by atoms with Crippen LogP contribution >= 0.6 is 11.8 Å². The van der Waals surface area contributed by atoms with Crippen LogP contribution in [0.2, 0.25) is 0 Å². The number of nitrogens with zero attached hydrogens (tertiary/aromatic N) is 3. The Hall–Kier alpha value is -2.88. The number of benzene rings is 2. The fourth-order valence-corrected chi connectivity index (χ4v) is 3.15. The van der Waals surface area contributed by atoms with E-state index in [9.17, 15) is 22.4 Å². The second-order valence-electron chi connectivity index (χ2n) is 5.81. The Labute approximate surface area is 161 Å². The number of halogens is 4. The van der Waals surface area contributed by atoms with Crippen molar-refractivity contribution in [1.29, 1.82) is 0 Å². The van der Waals surface area contributed by atoms with Crippen molar-refractivity contribution in [3.05, 3.63) is 75.8 Å². The maximum Gasteiger partial charge on any atom is 0.416 e. The van der Waals surface area contributed by atoms with E-state index in [4.69, 9.17) is 0 Å². The second kappa shape index (κ2) is 8.01. The predicted octanol–water partition coefficient (Wildman–Crippen LogP) is 4.37. The highest BCUT2D eigenvalue weighted by Crippen LogP contribution is 2.31. The van der Waals surface area contributed by atoms with E-state index >= 15 is 0 Å². The summed E-state index contributed by atoms with van der Waals surface area (Å²) in [5, 5.41) is 10.7. The van der Waals surface area contributed by atoms with Gasteiger partial charge in [0.15, 0.2) is 5.16 Å². The molecule has 1 heterocycles. The van der Waals surface area contributed by atoms with E-state index < -0.39 is 17.3 Å². The van der Waals surface area contributed by atoms with Crippen molar-refractivity contribution in [2.24, 2.45) is 7.05 Å². The van der Waals surface area contributed by atoms with Crippen molar-refractivity contribution < 1.29 is 17.6 Å². The molecule has 1 N–H and O–H groups in total. The van der Waals surface area contributed by atoms with E-state index in [1.165, 1.54) is 47.6 Å². The van der Waals surface area contributed by atoms with Gasteiger partial charge >= 0.3 is 6.18 Å². The van der Waals surface area contributed by atoms with Crippen molar-refractivity contribution >= 4 is 23.3 Å². The lowest BCUT2D eigenvalue weighted by Gasteiger charge is -2.11. The predicted molar refractivity (Wildman–Crippen MR) is 98.0 cm³/mol. The highest BCUT2D eigenvalue weighted by Gasteiger charge is 2.30. The number of hydrogen-bond donors (Lipinski definition) is 1. The van der Waals surface area contributed by atoms with Crippen LogP contribution in [0.15, 0.2) is 58.5 Å². The number of nitrogens with one attached hydrogen (secondary N) is 1. The zero-order chi connectivity index (χ0) is 20.3. The molecule has 0 bridgehead atoms. The van der Waals surface area contributed by atoms with Gasteiger partial charge in [-0.25, -0.2) is 4.39 Å². The first-order chi connectivity index (χ1) is 13.2. The smallest absolute Gasteiger partial charge is 0.334 e. The molecule has 0 aliphatic carbocycles. The van der Waals surface area contributed by atoms with Crippen LogP contribution in [0, 0.1) is 5.82 Å². The Bertz CT molecular complexity index is 1030. The molecule has 0 spiro atoms. The zero-order valence-electron chi connectivity index (χ0n) is 14.5. The summed E-state index contributed by atoms with van der Waals surface area (Å²) in [7, 11) is 1.49. The van der Waals surface area contributed by atoms with Crippen molar-refractivity contribution in [3.63, 3.8) is 0 Å². The second-order valence-corrected chi connectivity index (χ2v) is 6.76. The highest BCUT2D eigenvalue weighted by molar-refractivity contribution is 7.98. The van der Waals surface area contributed by atoms with Gasteiger partial charge in [-0.1, -0.05) is 30.0 Å². The first kappa shape index (κ1) is 19.9. The minimum atomic E-state index is -4.49. The lowest BCUT2D eigenvalue weighted by molar-refractivity contribution is -0.137. The van der Waals surface area contributed by atoms with Crippen LogP contribution in [0.5, 0.6) is 0 Å². The Morgan fingerprint density at radius 2 is 1.82 bits per heavy atom. The van der Waals surface area contributed by atoms with Gasteiger partial charge in [0.1, 0.15) is 5.82 Å². The third-order valence-electron chi connectivity index (χ3n) is 3.76. The summed E-state index contributed by atoms with van der Waals surface area (Å²) >= 11 is 1.23. The Morgan fingerprint density at radius 1 is 1.11 bits per heavy atom. The van der Waals surface area contributed by atoms with Gasteiger partial charge in [0.2, 0.25) is 5.82 Å². The maximum atomic E-state index is 12.9. The molecule has 0 atom stereocenters. The molecule has 0 fully saturated rings. The van der Waals surface area contributed by atoms with Crippen LogP contribution in [0.4, 0.5) is 29.1 Å². The summed E-state index contributed by atoms with van der Waals surface area (Å²) in [5.74, 6) is -0.0817. The van der Waals surface area contributed by atoms with Crippen molar-refractivity contribution in [2.45, 2.75) is 17.1 Å². The first-order valence-corrected chi connectivity index (χ1v) is 8.98. The quantitative estimate of drug-likeness (QED) is 0.500. The van der Waals surface area contributed by atoms with Gasteiger partial charge < -0.3 is 5.32 Å². The van der Waals surface area contributed by atoms with Gasteiger partial charge in [-0.3, -0.25) is 9.36 Å². The lowest BCUT2D eigenvalue weighted by Crippen LogP contribution is -2.24. The summed E-state index contributed by atoms with van der Waals surface area (Å²) in [5.41, 5.74) is -0.456. The van der Waals surface area contributed by atoms with E-state index in [0.717, 1.165) is 17.7 Å². The molecule has 2 aromatic carbocycles. The van der Waals surface area contributed by atoms with Crippen LogP contribution in [-0.2, 0) is 19.0 Å². The molecule has 28 heavy (non-hydrogen) atoms. The number of thioether (sulfide) groups is 1. The SMILES string of the molecule is Cn1c(SCc2ccc(F)cc2)nnc(Nc2cccc(C(F)(F)F)c2)c1=O. The molecule has 10 heteroatoms. The van der Waals surface area contributed by atoms with Gasteiger partial charge in [0.25, 0.3) is 5.56 Å². The standard InChI is InChI=1S/C18H14F4N4OS/c1-26-16(27)15(23-14-4-2-3-12(9-14)18(20,21)22)24-25-17(26)28-10-11-5-7-13(19)8-6-11/h2-9H,10H2,1H3,(H,23,24). The van der Waals surface area contributed by atoms with Gasteiger partial charge in [-0.05, 0) is 35.9 Å². The summed E-state index contributed by atoms with van der Waals surface area (Å²) < 4.78 is 52.6. The lowest BCUT2D eigenvalue weighted by atomic mass is 10.2. The Morgan fingerprint density at radius 3 is 2.50 bits per heavy atom. The molecule has 0 saturated heterocycles. The summed E-state index contributed by atoms with van der Waals surface area (Å²) in [6, 6.07) is 10.4. The average Bonchev–Trinajstić information content (AvgIpc) is 2.66. The van der Waals surface area contributed by atoms with E-state index in [-0.39, 0.29) is 17.3 Å². The van der Waals surface area contributed by atoms with Gasteiger partial charge in [-0.15, -0.1) is 10.2 Å². The van der Waals surface area contributed by atoms with E-state index in [1.807, 2.05) is 0 Å². The van der Waals surface area contributed by atoms with Gasteiger partial charge in [0.05, 0.1) is 5.56 Å². The van der Waals surface area contributed by atoms with Crippen LogP contribution in [0.3, 0.4) is 0 Å². The highest BCUT2D eigenvalue weighted by atomic mass is 32.2. The number of alkyl halides is 3. The fraction of sp³-hybridized carbons (Fsp3) is 0.167. The minimum Gasteiger partial charge on any atom is -0.334 e. The number of rotatable bonds is 5. The molecule has 0 aliphatic heterocycles. The molecule has 146 valence electrons. The molecule has 0 radical (unpaired) electrons. The first-order valence-electron chi connectivity index (χ1n) is 7.99. The third kappa shape index (κ3) is 4.69. The van der Waals surface area contributed by atoms with Crippen molar-refractivity contribution in [2.75, 3.05) is 5.32 Å². The topological polar surface area (TPSA) is 59.8 Å². The summed E-state index contributed by atoms with van der Waals surface area (Å²) in [6.45, 7) is 0. The van der Waals surface area contributed by atoms with Crippen molar-refractivity contribution in [3.8, 4) is 0 Å². The molecule has 3 aromatic rings. The number of anilines is 2. The molecule has 0 amide bonds. The van der Waals surface area contributed by atoms with Gasteiger partial charge in [0, 0.05) is 18.5 Å². The minimum absolute atomic E-state index is 0.0768. The van der Waals surface area contributed by atoms with Crippen LogP contribution < -0.4 is 10.9 Å². The third-order valence-corrected chi connectivity index (χ3v) is 4.85. The molecular formula is C18H14F4N4OS. The molecule has 5 nitrogen and oxygen atoms in total. The Balaban J connectivity index is 1.77. The van der Waals surface area contributed by atoms with E-state index in [2.05, 4.69) is 15.5 Å². The molecule has 0 unspecified atom stereocenters.